The molecule has 9 heteroatoms. The van der Waals surface area contributed by atoms with Crippen LogP contribution >= 0.6 is 0 Å². The summed E-state index contributed by atoms with van der Waals surface area (Å²) in [5.41, 5.74) is 3.57. The molecular formula is C22H31N3O4S2. The first-order valence-corrected chi connectivity index (χ1v) is 13.6. The van der Waals surface area contributed by atoms with Crippen LogP contribution in [0.4, 0.5) is 5.69 Å². The second-order valence-corrected chi connectivity index (χ2v) is 12.8. The molecule has 3 rings (SSSR count). The fourth-order valence-electron chi connectivity index (χ4n) is 3.80. The summed E-state index contributed by atoms with van der Waals surface area (Å²) in [4.78, 5) is 2.14. The number of nitrogens with one attached hydrogen (secondary N) is 1. The van der Waals surface area contributed by atoms with Crippen molar-refractivity contribution in [3.8, 4) is 11.1 Å². The van der Waals surface area contributed by atoms with Crippen molar-refractivity contribution in [3.05, 3.63) is 54.1 Å². The molecule has 7 nitrogen and oxygen atoms in total. The minimum atomic E-state index is -3.35. The molecule has 0 bridgehead atoms. The molecule has 0 radical (unpaired) electrons. The van der Waals surface area contributed by atoms with Crippen molar-refractivity contribution in [2.24, 2.45) is 0 Å². The third kappa shape index (κ3) is 5.46. The zero-order valence-corrected chi connectivity index (χ0v) is 20.2. The molecule has 0 unspecified atom stereocenters. The minimum absolute atomic E-state index is 0.0651. The molecular weight excluding hydrogens is 434 g/mol. The van der Waals surface area contributed by atoms with Crippen LogP contribution < -0.4 is 9.03 Å². The Morgan fingerprint density at radius 1 is 1.00 bits per heavy atom. The summed E-state index contributed by atoms with van der Waals surface area (Å²) in [6, 6.07) is 15.3. The average molecular weight is 466 g/mol. The van der Waals surface area contributed by atoms with Crippen LogP contribution in [0.1, 0.15) is 25.3 Å². The van der Waals surface area contributed by atoms with E-state index in [1.54, 1.807) is 19.9 Å². The minimum Gasteiger partial charge on any atom is -0.304 e. The molecule has 0 aliphatic carbocycles. The van der Waals surface area contributed by atoms with Crippen LogP contribution in [0.15, 0.2) is 48.5 Å². The topological polar surface area (TPSA) is 86.8 Å². The lowest BCUT2D eigenvalue weighted by molar-refractivity contribution is 0.404. The predicted octanol–water partition coefficient (Wildman–Crippen LogP) is 2.47. The molecule has 1 fully saturated rings. The summed E-state index contributed by atoms with van der Waals surface area (Å²) < 4.78 is 52.6. The van der Waals surface area contributed by atoms with Gasteiger partial charge in [-0.05, 0) is 49.7 Å². The van der Waals surface area contributed by atoms with E-state index < -0.39 is 25.3 Å². The first-order valence-electron chi connectivity index (χ1n) is 10.2. The van der Waals surface area contributed by atoms with Gasteiger partial charge in [0.2, 0.25) is 20.0 Å². The maximum atomic E-state index is 12.4. The van der Waals surface area contributed by atoms with E-state index in [4.69, 9.17) is 0 Å². The van der Waals surface area contributed by atoms with Gasteiger partial charge in [0.1, 0.15) is 0 Å². The molecule has 0 spiro atoms. The van der Waals surface area contributed by atoms with E-state index in [-0.39, 0.29) is 12.0 Å². The Morgan fingerprint density at radius 2 is 1.65 bits per heavy atom. The molecule has 1 aliphatic heterocycles. The SMILES string of the molecule is CC(C)S(=O)(=O)N[C@@H]1CN(C)C[C@H]1c1ccc(-c2cccc(N(C)S(C)(=O)=O)c2)cc1. The zero-order chi connectivity index (χ0) is 23.0. The Hall–Kier alpha value is -1.94. The largest absolute Gasteiger partial charge is 0.304 e. The van der Waals surface area contributed by atoms with Gasteiger partial charge in [-0.15, -0.1) is 0 Å². The van der Waals surface area contributed by atoms with Crippen LogP contribution in [0.25, 0.3) is 11.1 Å². The van der Waals surface area contributed by atoms with Gasteiger partial charge in [0, 0.05) is 32.1 Å². The smallest absolute Gasteiger partial charge is 0.231 e. The maximum Gasteiger partial charge on any atom is 0.231 e. The number of anilines is 1. The van der Waals surface area contributed by atoms with Crippen molar-refractivity contribution >= 4 is 25.7 Å². The first-order chi connectivity index (χ1) is 14.4. The van der Waals surface area contributed by atoms with Crippen LogP contribution in [0.3, 0.4) is 0 Å². The molecule has 0 amide bonds. The Bertz CT molecular complexity index is 1130. The summed E-state index contributed by atoms with van der Waals surface area (Å²) >= 11 is 0. The molecule has 170 valence electrons. The van der Waals surface area contributed by atoms with Gasteiger partial charge in [-0.3, -0.25) is 4.31 Å². The summed E-state index contributed by atoms with van der Waals surface area (Å²) in [5, 5.41) is -0.473. The number of likely N-dealkylation sites (N-methyl/N-ethyl adjacent to an activating group) is 1. The summed E-state index contributed by atoms with van der Waals surface area (Å²) in [5.74, 6) is 0.0651. The molecule has 1 aliphatic rings. The highest BCUT2D eigenvalue weighted by Gasteiger charge is 2.35. The van der Waals surface area contributed by atoms with E-state index in [9.17, 15) is 16.8 Å². The Morgan fingerprint density at radius 3 is 2.23 bits per heavy atom. The predicted molar refractivity (Wildman–Crippen MR) is 126 cm³/mol. The van der Waals surface area contributed by atoms with Gasteiger partial charge in [0.15, 0.2) is 0 Å². The summed E-state index contributed by atoms with van der Waals surface area (Å²) in [7, 11) is -3.16. The second kappa shape index (κ2) is 8.90. The average Bonchev–Trinajstić information content (AvgIpc) is 3.06. The number of hydrogen-bond acceptors (Lipinski definition) is 5. The quantitative estimate of drug-likeness (QED) is 0.679. The fourth-order valence-corrected chi connectivity index (χ4v) is 5.23. The van der Waals surface area contributed by atoms with E-state index in [0.717, 1.165) is 23.2 Å². The Labute approximate surface area is 186 Å². The zero-order valence-electron chi connectivity index (χ0n) is 18.6. The van der Waals surface area contributed by atoms with Crippen LogP contribution in [0.5, 0.6) is 0 Å². The molecule has 1 saturated heterocycles. The van der Waals surface area contributed by atoms with Gasteiger partial charge in [-0.1, -0.05) is 36.4 Å². The van der Waals surface area contributed by atoms with Gasteiger partial charge >= 0.3 is 0 Å². The molecule has 2 aromatic carbocycles. The van der Waals surface area contributed by atoms with Crippen LogP contribution in [0, 0.1) is 0 Å². The molecule has 0 saturated carbocycles. The molecule has 1 N–H and O–H groups in total. The van der Waals surface area contributed by atoms with Gasteiger partial charge in [0.05, 0.1) is 17.2 Å². The summed E-state index contributed by atoms with van der Waals surface area (Å²) in [6.07, 6.45) is 1.18. The van der Waals surface area contributed by atoms with Crippen molar-refractivity contribution in [3.63, 3.8) is 0 Å². The Balaban J connectivity index is 1.84. The van der Waals surface area contributed by atoms with Crippen LogP contribution in [0.2, 0.25) is 0 Å². The normalized spacial score (nSPS) is 20.3. The summed E-state index contributed by atoms with van der Waals surface area (Å²) in [6.45, 7) is 4.80. The number of sulfonamides is 2. The van der Waals surface area contributed by atoms with Gasteiger partial charge < -0.3 is 4.90 Å². The molecule has 2 aromatic rings. The monoisotopic (exact) mass is 465 g/mol. The fraction of sp³-hybridized carbons (Fsp3) is 0.455. The maximum absolute atomic E-state index is 12.4. The third-order valence-electron chi connectivity index (χ3n) is 5.82. The van der Waals surface area contributed by atoms with E-state index in [0.29, 0.717) is 12.2 Å². The number of nitrogens with zero attached hydrogens (tertiary/aromatic N) is 2. The molecule has 1 heterocycles. The van der Waals surface area contributed by atoms with Crippen LogP contribution in [-0.4, -0.2) is 66.5 Å². The van der Waals surface area contributed by atoms with Crippen molar-refractivity contribution in [1.82, 2.24) is 9.62 Å². The van der Waals surface area contributed by atoms with Crippen molar-refractivity contribution in [2.75, 3.05) is 37.7 Å². The lowest BCUT2D eigenvalue weighted by Crippen LogP contribution is -2.42. The van der Waals surface area contributed by atoms with Gasteiger partial charge in [-0.25, -0.2) is 21.6 Å². The van der Waals surface area contributed by atoms with Gasteiger partial charge in [-0.2, -0.15) is 0 Å². The molecule has 2 atom stereocenters. The lowest BCUT2D eigenvalue weighted by Gasteiger charge is -2.22. The molecule has 0 aromatic heterocycles. The highest BCUT2D eigenvalue weighted by atomic mass is 32.2. The number of rotatable bonds is 7. The van der Waals surface area contributed by atoms with Crippen molar-refractivity contribution < 1.29 is 16.8 Å². The van der Waals surface area contributed by atoms with Crippen molar-refractivity contribution in [2.45, 2.75) is 31.1 Å². The number of benzene rings is 2. The number of likely N-dealkylation sites (tertiary alicyclic amines) is 1. The van der Waals surface area contributed by atoms with Gasteiger partial charge in [0.25, 0.3) is 0 Å². The van der Waals surface area contributed by atoms with E-state index in [1.165, 1.54) is 17.6 Å². The lowest BCUT2D eigenvalue weighted by atomic mass is 9.93. The number of hydrogen-bond donors (Lipinski definition) is 1. The third-order valence-corrected chi connectivity index (χ3v) is 8.90. The first kappa shape index (κ1) is 23.7. The highest BCUT2D eigenvalue weighted by Crippen LogP contribution is 2.31. The van der Waals surface area contributed by atoms with E-state index in [2.05, 4.69) is 9.62 Å². The highest BCUT2D eigenvalue weighted by molar-refractivity contribution is 7.92. The molecule has 31 heavy (non-hydrogen) atoms. The van der Waals surface area contributed by atoms with Crippen molar-refractivity contribution in [1.29, 1.82) is 0 Å². The second-order valence-electron chi connectivity index (χ2n) is 8.55. The van der Waals surface area contributed by atoms with E-state index >= 15 is 0 Å². The Kier molecular flexibility index (Phi) is 6.81. The van der Waals surface area contributed by atoms with Crippen LogP contribution in [-0.2, 0) is 20.0 Å². The van der Waals surface area contributed by atoms with E-state index in [1.807, 2.05) is 49.5 Å². The standard InChI is InChI=1S/C22H31N3O4S2/c1-16(2)31(28,29)23-22-15-24(3)14-21(22)18-11-9-17(10-12-18)19-7-6-8-20(13-19)25(4)30(5,26)27/h6-13,16,21-23H,14-15H2,1-5H3/t21-,22+/m0/s1.